The quantitative estimate of drug-likeness (QED) is 0.0792. The number of rotatable bonds is 12. The first-order chi connectivity index (χ1) is 26.2. The molecule has 2 unspecified atom stereocenters. The predicted molar refractivity (Wildman–Crippen MR) is 194 cm³/mol. The van der Waals surface area contributed by atoms with Crippen molar-refractivity contribution in [1.82, 2.24) is 20.6 Å². The molecule has 2 heterocycles. The third-order valence-corrected chi connectivity index (χ3v) is 8.54. The fourth-order valence-corrected chi connectivity index (χ4v) is 5.77. The normalized spacial score (nSPS) is 12.1. The Morgan fingerprint density at radius 3 is 1.55 bits per heavy atom. The molecule has 0 spiro atoms. The average Bonchev–Trinajstić information content (AvgIpc) is 3.16. The fourth-order valence-electron chi connectivity index (χ4n) is 5.53. The van der Waals surface area contributed by atoms with E-state index in [2.05, 4.69) is 9.97 Å². The summed E-state index contributed by atoms with van der Waals surface area (Å²) in [6, 6.07) is 15.9. The summed E-state index contributed by atoms with van der Waals surface area (Å²) in [5.74, 6) is -6.23. The highest BCUT2D eigenvalue weighted by Gasteiger charge is 2.38. The third-order valence-electron chi connectivity index (χ3n) is 8.26. The average molecular weight is 771 g/mol. The Bertz CT molecular complexity index is 2500. The molecular formula is C38H28ClFN4O11. The molecule has 0 saturated carbocycles. The molecule has 0 bridgehead atoms. The minimum Gasteiger partial charge on any atom is -0.505 e. The van der Waals surface area contributed by atoms with E-state index in [-0.39, 0.29) is 27.0 Å². The van der Waals surface area contributed by atoms with Crippen LogP contribution in [-0.2, 0) is 9.59 Å². The van der Waals surface area contributed by atoms with Gasteiger partial charge in [-0.1, -0.05) is 11.6 Å². The van der Waals surface area contributed by atoms with Gasteiger partial charge in [0.2, 0.25) is 0 Å². The first kappa shape index (κ1) is 37.6. The molecule has 0 aliphatic heterocycles. The number of carboxylic acids is 2. The molecule has 6 N–H and O–H groups in total. The van der Waals surface area contributed by atoms with Crippen LogP contribution in [-0.4, -0.2) is 73.3 Å². The van der Waals surface area contributed by atoms with E-state index in [1.165, 1.54) is 74.7 Å². The van der Waals surface area contributed by atoms with Crippen LogP contribution in [0.4, 0.5) is 4.39 Å². The van der Waals surface area contributed by atoms with Gasteiger partial charge in [-0.05, 0) is 91.9 Å². The number of carboxylic acid groups (broad SMARTS) is 2. The highest BCUT2D eigenvalue weighted by Crippen LogP contribution is 2.37. The van der Waals surface area contributed by atoms with Gasteiger partial charge in [0.25, 0.3) is 11.8 Å². The maximum atomic E-state index is 13.4. The summed E-state index contributed by atoms with van der Waals surface area (Å²) < 4.78 is 30.0. The number of fused-ring (bicyclic) bond motifs is 2. The lowest BCUT2D eigenvalue weighted by atomic mass is 10.0. The molecular weight excluding hydrogens is 743 g/mol. The summed E-state index contributed by atoms with van der Waals surface area (Å²) in [5, 5.41) is 46.3. The molecule has 2 amide bonds. The van der Waals surface area contributed by atoms with Gasteiger partial charge >= 0.3 is 11.9 Å². The molecule has 280 valence electrons. The number of aromatic hydroxyl groups is 2. The maximum absolute atomic E-state index is 13.4. The largest absolute Gasteiger partial charge is 0.505 e. The lowest BCUT2D eigenvalue weighted by Crippen LogP contribution is -2.59. The first-order valence-corrected chi connectivity index (χ1v) is 16.4. The number of aryl methyl sites for hydroxylation is 1. The number of benzene rings is 4. The Morgan fingerprint density at radius 1 is 0.636 bits per heavy atom. The van der Waals surface area contributed by atoms with Crippen LogP contribution >= 0.6 is 11.6 Å². The summed E-state index contributed by atoms with van der Waals surface area (Å²) >= 11 is 6.37. The van der Waals surface area contributed by atoms with Crippen molar-refractivity contribution in [3.63, 3.8) is 0 Å². The molecule has 55 heavy (non-hydrogen) atoms. The number of carbonyl (C=O) groups excluding carboxylic acids is 2. The Hall–Kier alpha value is -7.20. The molecule has 0 saturated heterocycles. The molecule has 0 fully saturated rings. The molecule has 2 atom stereocenters. The Kier molecular flexibility index (Phi) is 10.5. The Labute approximate surface area is 314 Å². The van der Waals surface area contributed by atoms with Crippen molar-refractivity contribution in [3.8, 4) is 40.2 Å². The highest BCUT2D eigenvalue weighted by atomic mass is 35.5. The number of nitrogens with zero attached hydrogens (tertiary/aromatic N) is 2. The summed E-state index contributed by atoms with van der Waals surface area (Å²) in [5.41, 5.74) is -1.18. The van der Waals surface area contributed by atoms with Gasteiger partial charge in [-0.3, -0.25) is 9.59 Å². The number of hydrogen-bond donors (Lipinski definition) is 6. The van der Waals surface area contributed by atoms with E-state index in [0.29, 0.717) is 34.1 Å². The van der Waals surface area contributed by atoms with E-state index in [9.17, 15) is 44.0 Å². The topological polar surface area (TPSA) is 227 Å². The molecule has 17 heteroatoms. The predicted octanol–water partition coefficient (Wildman–Crippen LogP) is 5.95. The number of methoxy groups -OCH3 is 1. The second kappa shape index (κ2) is 15.4. The number of amides is 2. The molecule has 0 aliphatic carbocycles. The van der Waals surface area contributed by atoms with Crippen molar-refractivity contribution in [2.75, 3.05) is 7.11 Å². The lowest BCUT2D eigenvalue weighted by molar-refractivity contribution is -0.147. The number of pyridine rings is 2. The molecule has 0 radical (unpaired) electrons. The second-order valence-corrected chi connectivity index (χ2v) is 12.2. The van der Waals surface area contributed by atoms with E-state index < -0.39 is 64.5 Å². The summed E-state index contributed by atoms with van der Waals surface area (Å²) in [7, 11) is 1.52. The van der Waals surface area contributed by atoms with Crippen LogP contribution in [0, 0.1) is 12.7 Å². The van der Waals surface area contributed by atoms with Crippen LogP contribution in [0.1, 0.15) is 26.7 Å². The minimum absolute atomic E-state index is 0.0320. The van der Waals surface area contributed by atoms with E-state index in [1.54, 1.807) is 24.3 Å². The Balaban J connectivity index is 1.22. The van der Waals surface area contributed by atoms with Gasteiger partial charge in [0, 0.05) is 27.2 Å². The van der Waals surface area contributed by atoms with Crippen LogP contribution < -0.4 is 24.8 Å². The number of hydrogen-bond acceptors (Lipinski definition) is 11. The van der Waals surface area contributed by atoms with Gasteiger partial charge < -0.3 is 45.3 Å². The number of ether oxygens (including phenoxy) is 3. The van der Waals surface area contributed by atoms with Crippen LogP contribution in [0.2, 0.25) is 5.15 Å². The van der Waals surface area contributed by atoms with Crippen molar-refractivity contribution in [3.05, 3.63) is 113 Å². The molecule has 6 aromatic rings. The van der Waals surface area contributed by atoms with Gasteiger partial charge in [-0.2, -0.15) is 0 Å². The smallest absolute Gasteiger partial charge is 0.329 e. The van der Waals surface area contributed by atoms with E-state index in [1.807, 2.05) is 10.6 Å². The number of carbonyl (C=O) groups is 4. The lowest BCUT2D eigenvalue weighted by Gasteiger charge is -2.23. The number of nitrogens with one attached hydrogen (secondary N) is 2. The van der Waals surface area contributed by atoms with Crippen LogP contribution in [0.3, 0.4) is 0 Å². The second-order valence-electron chi connectivity index (χ2n) is 11.8. The number of aliphatic carboxylic acids is 2. The van der Waals surface area contributed by atoms with Crippen molar-refractivity contribution in [2.45, 2.75) is 19.0 Å². The van der Waals surface area contributed by atoms with Crippen molar-refractivity contribution < 1.29 is 58.2 Å². The van der Waals surface area contributed by atoms with E-state index in [0.717, 1.165) is 0 Å². The number of aromatic nitrogens is 2. The highest BCUT2D eigenvalue weighted by molar-refractivity contribution is 6.35. The monoisotopic (exact) mass is 770 g/mol. The zero-order valence-electron chi connectivity index (χ0n) is 28.5. The molecule has 2 aromatic heterocycles. The Morgan fingerprint density at radius 2 is 1.05 bits per heavy atom. The van der Waals surface area contributed by atoms with Gasteiger partial charge in [-0.15, -0.1) is 0 Å². The van der Waals surface area contributed by atoms with E-state index in [4.69, 9.17) is 25.8 Å². The minimum atomic E-state index is -2.33. The van der Waals surface area contributed by atoms with Crippen LogP contribution in [0.5, 0.6) is 40.2 Å². The standard InChI is InChI=1S/C38H28ClFN4O11/c1-17-26-15-22(54-20-5-3-18(40)4-6-20)11-13-24(26)32(45)30(41-17)35(47)43-28(37(49)50)29(38(51)52)44-36(48)31-33(46)25-14-12-23(16-27(25)34(39)42-31)55-21-9-7-19(53-2)8-10-21/h3-16,28-29,45-46H,1-2H3,(H,43,47)(H,44,48)(H,49,50)(H,51,52). The first-order valence-electron chi connectivity index (χ1n) is 16.0. The molecule has 15 nitrogen and oxygen atoms in total. The van der Waals surface area contributed by atoms with Gasteiger partial charge in [0.15, 0.2) is 35.0 Å². The molecule has 4 aromatic carbocycles. The van der Waals surface area contributed by atoms with Gasteiger partial charge in [0.05, 0.1) is 7.11 Å². The number of halogens is 2. The summed E-state index contributed by atoms with van der Waals surface area (Å²) in [6.07, 6.45) is 0. The SMILES string of the molecule is COc1ccc(Oc2ccc3c(O)c(C(=O)NC(C(=O)O)C(NC(=O)c4nc(C)c5cc(Oc6ccc(F)cc6)ccc5c4O)C(=O)O)nc(Cl)c3c2)cc1. The van der Waals surface area contributed by atoms with Crippen LogP contribution in [0.15, 0.2) is 84.9 Å². The maximum Gasteiger partial charge on any atom is 0.329 e. The summed E-state index contributed by atoms with van der Waals surface area (Å²) in [6.45, 7) is 1.50. The van der Waals surface area contributed by atoms with E-state index >= 15 is 0 Å². The fraction of sp³-hybridized carbons (Fsp3) is 0.105. The zero-order chi connectivity index (χ0) is 39.6. The summed E-state index contributed by atoms with van der Waals surface area (Å²) in [4.78, 5) is 59.4. The van der Waals surface area contributed by atoms with Crippen molar-refractivity contribution in [2.24, 2.45) is 0 Å². The van der Waals surface area contributed by atoms with Gasteiger partial charge in [-0.25, -0.2) is 23.9 Å². The third kappa shape index (κ3) is 7.93. The molecule has 0 aliphatic rings. The van der Waals surface area contributed by atoms with Crippen molar-refractivity contribution >= 4 is 56.9 Å². The molecule has 6 rings (SSSR count). The van der Waals surface area contributed by atoms with Crippen molar-refractivity contribution in [1.29, 1.82) is 0 Å². The zero-order valence-corrected chi connectivity index (χ0v) is 29.3. The van der Waals surface area contributed by atoms with Gasteiger partial charge in [0.1, 0.15) is 39.7 Å². The van der Waals surface area contributed by atoms with Crippen LogP contribution in [0.25, 0.3) is 21.5 Å².